The van der Waals surface area contributed by atoms with Crippen molar-refractivity contribution in [3.8, 4) is 39.8 Å². The molecule has 0 radical (unpaired) electrons. The molecule has 0 unspecified atom stereocenters. The molecule has 10 rings (SSSR count). The third-order valence-electron chi connectivity index (χ3n) is 9.85. The second-order valence-electron chi connectivity index (χ2n) is 12.5. The molecule has 0 aliphatic carbocycles. The number of hydrogen-bond donors (Lipinski definition) is 0. The average molecular weight is 625 g/mol. The highest BCUT2D eigenvalue weighted by Crippen LogP contribution is 2.54. The van der Waals surface area contributed by atoms with Crippen molar-refractivity contribution in [2.75, 3.05) is 4.90 Å². The Hall–Kier alpha value is -6.83. The first-order valence-corrected chi connectivity index (χ1v) is 16.5. The van der Waals surface area contributed by atoms with Gasteiger partial charge >= 0.3 is 0 Å². The van der Waals surface area contributed by atoms with E-state index in [1.54, 1.807) is 0 Å². The lowest BCUT2D eigenvalue weighted by Gasteiger charge is -2.27. The molecule has 49 heavy (non-hydrogen) atoms. The van der Waals surface area contributed by atoms with Crippen molar-refractivity contribution >= 4 is 49.8 Å². The summed E-state index contributed by atoms with van der Waals surface area (Å²) < 4.78 is 4.73. The number of para-hydroxylation sites is 5. The van der Waals surface area contributed by atoms with Gasteiger partial charge in [0.2, 0.25) is 0 Å². The van der Waals surface area contributed by atoms with Crippen molar-refractivity contribution in [3.63, 3.8) is 0 Å². The fourth-order valence-corrected chi connectivity index (χ4v) is 7.86. The summed E-state index contributed by atoms with van der Waals surface area (Å²) in [6.07, 6.45) is 0. The fraction of sp³-hybridized carbons (Fsp3) is 0. The van der Waals surface area contributed by atoms with Gasteiger partial charge in [0.05, 0.1) is 45.3 Å². The molecule has 0 bridgehead atoms. The highest BCUT2D eigenvalue weighted by atomic mass is 15.2. The van der Waals surface area contributed by atoms with Crippen LogP contribution < -0.4 is 4.90 Å². The minimum Gasteiger partial charge on any atom is -0.309 e. The lowest BCUT2D eigenvalue weighted by molar-refractivity contribution is 1.11. The van der Waals surface area contributed by atoms with Gasteiger partial charge in [0.1, 0.15) is 0 Å². The molecular formula is C45H28N4. The van der Waals surface area contributed by atoms with Crippen LogP contribution in [0, 0.1) is 11.3 Å². The van der Waals surface area contributed by atoms with E-state index in [1.165, 1.54) is 21.8 Å². The van der Waals surface area contributed by atoms with Gasteiger partial charge in [0.25, 0.3) is 0 Å². The van der Waals surface area contributed by atoms with Gasteiger partial charge in [-0.15, -0.1) is 0 Å². The van der Waals surface area contributed by atoms with Crippen molar-refractivity contribution in [1.29, 1.82) is 5.26 Å². The Balaban J connectivity index is 1.33. The first kappa shape index (κ1) is 27.3. The van der Waals surface area contributed by atoms with Crippen LogP contribution in [0.15, 0.2) is 170 Å². The monoisotopic (exact) mass is 624 g/mol. The van der Waals surface area contributed by atoms with E-state index in [-0.39, 0.29) is 0 Å². The second-order valence-corrected chi connectivity index (χ2v) is 12.5. The van der Waals surface area contributed by atoms with Crippen molar-refractivity contribution in [2.45, 2.75) is 0 Å². The number of nitrogens with zero attached hydrogens (tertiary/aromatic N) is 4. The second kappa shape index (κ2) is 10.6. The third kappa shape index (κ3) is 3.97. The van der Waals surface area contributed by atoms with E-state index in [0.29, 0.717) is 5.56 Å². The summed E-state index contributed by atoms with van der Waals surface area (Å²) in [6.45, 7) is 0. The predicted molar refractivity (Wildman–Crippen MR) is 201 cm³/mol. The van der Waals surface area contributed by atoms with Gasteiger partial charge in [0.15, 0.2) is 0 Å². The highest BCUT2D eigenvalue weighted by molar-refractivity contribution is 6.13. The number of benzene rings is 7. The number of aromatic nitrogens is 2. The highest BCUT2D eigenvalue weighted by Gasteiger charge is 2.31. The fourth-order valence-electron chi connectivity index (χ4n) is 7.86. The molecule has 4 heteroatoms. The van der Waals surface area contributed by atoms with Crippen LogP contribution >= 0.6 is 0 Å². The molecular weight excluding hydrogens is 597 g/mol. The van der Waals surface area contributed by atoms with Crippen LogP contribution in [0.4, 0.5) is 17.1 Å². The maximum absolute atomic E-state index is 10.1. The smallest absolute Gasteiger partial charge is 0.0992 e. The zero-order valence-corrected chi connectivity index (χ0v) is 26.5. The first-order chi connectivity index (χ1) is 24.3. The Kier molecular flexibility index (Phi) is 5.90. The minimum atomic E-state index is 0.632. The number of fused-ring (bicyclic) bond motifs is 10. The van der Waals surface area contributed by atoms with Gasteiger partial charge in [0, 0.05) is 49.9 Å². The standard InChI is InChI=1S/C45H28N4/c46-29-30-25-26-37-43(27-30)49(33-16-12-15-32(28-33)48-39-21-8-4-17-34(39)35-18-5-9-22-40(35)48)45-38-20-7-11-24-42(38)47(31-13-2-1-3-14-31)41-23-10-6-19-36(41)44(37)45/h1-28H. The first-order valence-electron chi connectivity index (χ1n) is 16.5. The third-order valence-corrected chi connectivity index (χ3v) is 9.85. The van der Waals surface area contributed by atoms with E-state index < -0.39 is 0 Å². The van der Waals surface area contributed by atoms with Crippen LogP contribution in [0.3, 0.4) is 0 Å². The molecule has 0 fully saturated rings. The van der Waals surface area contributed by atoms with E-state index in [2.05, 4.69) is 178 Å². The van der Waals surface area contributed by atoms with E-state index in [9.17, 15) is 5.26 Å². The number of anilines is 3. The predicted octanol–water partition coefficient (Wildman–Crippen LogP) is 11.7. The van der Waals surface area contributed by atoms with Crippen molar-refractivity contribution in [3.05, 3.63) is 175 Å². The zero-order valence-electron chi connectivity index (χ0n) is 26.5. The van der Waals surface area contributed by atoms with Gasteiger partial charge in [-0.25, -0.2) is 0 Å². The Morgan fingerprint density at radius 2 is 0.980 bits per heavy atom. The average Bonchev–Trinajstić information content (AvgIpc) is 3.65. The Bertz CT molecular complexity index is 2740. The maximum Gasteiger partial charge on any atom is 0.0992 e. The van der Waals surface area contributed by atoms with E-state index in [1.807, 2.05) is 12.1 Å². The van der Waals surface area contributed by atoms with E-state index in [0.717, 1.165) is 61.7 Å². The van der Waals surface area contributed by atoms with Gasteiger partial charge < -0.3 is 14.0 Å². The normalized spacial score (nSPS) is 12.0. The molecule has 0 saturated carbocycles. The van der Waals surface area contributed by atoms with Crippen LogP contribution in [-0.4, -0.2) is 9.13 Å². The summed E-state index contributed by atoms with van der Waals surface area (Å²) in [4.78, 5) is 2.37. The largest absolute Gasteiger partial charge is 0.309 e. The molecule has 228 valence electrons. The molecule has 9 aromatic rings. The van der Waals surface area contributed by atoms with Crippen molar-refractivity contribution in [1.82, 2.24) is 9.13 Å². The Morgan fingerprint density at radius 3 is 1.69 bits per heavy atom. The van der Waals surface area contributed by atoms with Crippen LogP contribution in [0.25, 0.3) is 66.5 Å². The zero-order chi connectivity index (χ0) is 32.5. The summed E-state index contributed by atoms with van der Waals surface area (Å²) in [6, 6.07) is 62.5. The molecule has 0 saturated heterocycles. The summed E-state index contributed by atoms with van der Waals surface area (Å²) in [5.74, 6) is 0. The molecule has 0 atom stereocenters. The summed E-state index contributed by atoms with van der Waals surface area (Å²) in [5, 5.41) is 13.6. The van der Waals surface area contributed by atoms with Gasteiger partial charge in [-0.05, 0) is 66.7 Å². The maximum atomic E-state index is 10.1. The molecule has 0 amide bonds. The lowest BCUT2D eigenvalue weighted by atomic mass is 9.98. The lowest BCUT2D eigenvalue weighted by Crippen LogP contribution is -2.11. The van der Waals surface area contributed by atoms with Crippen LogP contribution in [0.2, 0.25) is 0 Å². The van der Waals surface area contributed by atoms with Crippen molar-refractivity contribution in [2.24, 2.45) is 0 Å². The van der Waals surface area contributed by atoms with Crippen LogP contribution in [0.5, 0.6) is 0 Å². The molecule has 4 nitrogen and oxygen atoms in total. The van der Waals surface area contributed by atoms with E-state index in [4.69, 9.17) is 0 Å². The van der Waals surface area contributed by atoms with Crippen LogP contribution in [-0.2, 0) is 0 Å². The molecule has 0 N–H and O–H groups in total. The Morgan fingerprint density at radius 1 is 0.408 bits per heavy atom. The quantitative estimate of drug-likeness (QED) is 0.196. The Labute approximate surface area is 283 Å². The summed E-state index contributed by atoms with van der Waals surface area (Å²) in [5.41, 5.74) is 13.9. The van der Waals surface area contributed by atoms with E-state index >= 15 is 0 Å². The molecule has 1 aliphatic heterocycles. The molecule has 1 aliphatic rings. The van der Waals surface area contributed by atoms with Crippen molar-refractivity contribution < 1.29 is 0 Å². The topological polar surface area (TPSA) is 36.9 Å². The minimum absolute atomic E-state index is 0.632. The molecule has 0 spiro atoms. The number of rotatable bonds is 3. The molecule has 3 heterocycles. The van der Waals surface area contributed by atoms with Crippen LogP contribution in [0.1, 0.15) is 5.56 Å². The molecule has 7 aromatic carbocycles. The van der Waals surface area contributed by atoms with Gasteiger partial charge in [-0.1, -0.05) is 103 Å². The summed E-state index contributed by atoms with van der Waals surface area (Å²) in [7, 11) is 0. The molecule has 2 aromatic heterocycles. The SMILES string of the molecule is N#Cc1ccc2c3c(n(-c4cccc(-n5c6ccccc6c6ccccc65)c4)c2c1)-c1ccccc1N(c1ccccc1)c1ccccc1-3. The number of hydrogen-bond acceptors (Lipinski definition) is 2. The van der Waals surface area contributed by atoms with Gasteiger partial charge in [-0.2, -0.15) is 5.26 Å². The number of nitriles is 1. The summed E-state index contributed by atoms with van der Waals surface area (Å²) >= 11 is 0. The van der Waals surface area contributed by atoms with Gasteiger partial charge in [-0.3, -0.25) is 0 Å².